The normalized spacial score (nSPS) is 22.1. The smallest absolute Gasteiger partial charge is 0.165 e. The first-order valence-electron chi connectivity index (χ1n) is 12.4. The average Bonchev–Trinajstić information content (AvgIpc) is 3.72. The number of aliphatic hydroxyl groups is 1. The van der Waals surface area contributed by atoms with E-state index in [9.17, 15) is 27.1 Å². The first kappa shape index (κ1) is 25.7. The predicted octanol–water partition coefficient (Wildman–Crippen LogP) is 7.53. The molecule has 3 aromatic carbocycles. The quantitative estimate of drug-likeness (QED) is 0.260. The minimum Gasteiger partial charge on any atom is -0.489 e. The van der Waals surface area contributed by atoms with Crippen LogP contribution in [0.2, 0.25) is 0 Å². The highest BCUT2D eigenvalue weighted by molar-refractivity contribution is 5.34. The minimum atomic E-state index is -1.10. The van der Waals surface area contributed by atoms with Gasteiger partial charge in [-0.15, -0.1) is 0 Å². The summed E-state index contributed by atoms with van der Waals surface area (Å²) in [7, 11) is 0. The molecule has 1 aliphatic heterocycles. The molecule has 0 spiro atoms. The highest BCUT2D eigenvalue weighted by Crippen LogP contribution is 2.43. The SMILES string of the molecule is CC(O)c1ccc(C2CCC(c3ccc(OCc4ccc(C5CO5)c(F)c4F)cc3F)CC2)c(F)c1F. The van der Waals surface area contributed by atoms with E-state index < -0.39 is 41.3 Å². The molecule has 2 aliphatic rings. The fourth-order valence-electron chi connectivity index (χ4n) is 5.21. The number of hydrogen-bond donors (Lipinski definition) is 1. The van der Waals surface area contributed by atoms with Crippen LogP contribution in [-0.4, -0.2) is 11.7 Å². The van der Waals surface area contributed by atoms with E-state index in [0.717, 1.165) is 0 Å². The van der Waals surface area contributed by atoms with Crippen LogP contribution in [0.25, 0.3) is 0 Å². The van der Waals surface area contributed by atoms with Crippen LogP contribution in [-0.2, 0) is 11.3 Å². The lowest BCUT2D eigenvalue weighted by Crippen LogP contribution is -2.15. The van der Waals surface area contributed by atoms with Crippen LogP contribution in [0.1, 0.15) is 84.5 Å². The van der Waals surface area contributed by atoms with Crippen LogP contribution in [0.3, 0.4) is 0 Å². The summed E-state index contributed by atoms with van der Waals surface area (Å²) in [5, 5.41) is 9.59. The highest BCUT2D eigenvalue weighted by Gasteiger charge is 2.31. The van der Waals surface area contributed by atoms with Gasteiger partial charge in [-0.3, -0.25) is 0 Å². The second-order valence-corrected chi connectivity index (χ2v) is 9.83. The van der Waals surface area contributed by atoms with E-state index in [-0.39, 0.29) is 46.4 Å². The van der Waals surface area contributed by atoms with Crippen molar-refractivity contribution in [2.24, 2.45) is 0 Å². The molecule has 3 nitrogen and oxygen atoms in total. The summed E-state index contributed by atoms with van der Waals surface area (Å²) in [6.45, 7) is 1.49. The van der Waals surface area contributed by atoms with Crippen LogP contribution >= 0.6 is 0 Å². The Morgan fingerprint density at radius 2 is 1.41 bits per heavy atom. The Morgan fingerprint density at radius 1 is 0.811 bits per heavy atom. The van der Waals surface area contributed by atoms with E-state index in [1.54, 1.807) is 12.1 Å². The first-order valence-corrected chi connectivity index (χ1v) is 12.4. The molecular formula is C29H27F5O3. The Labute approximate surface area is 211 Å². The zero-order chi connectivity index (χ0) is 26.3. The first-order chi connectivity index (χ1) is 17.7. The van der Waals surface area contributed by atoms with E-state index in [1.165, 1.54) is 37.3 Å². The summed E-state index contributed by atoms with van der Waals surface area (Å²) in [6.07, 6.45) is 0.832. The number of rotatable bonds is 7. The van der Waals surface area contributed by atoms with Crippen molar-refractivity contribution < 1.29 is 36.5 Å². The van der Waals surface area contributed by atoms with Crippen LogP contribution < -0.4 is 4.74 Å². The van der Waals surface area contributed by atoms with Crippen molar-refractivity contribution in [1.29, 1.82) is 0 Å². The number of hydrogen-bond acceptors (Lipinski definition) is 3. The third-order valence-corrected chi connectivity index (χ3v) is 7.44. The minimum absolute atomic E-state index is 0.0230. The Hall–Kier alpha value is -2.97. The maximum Gasteiger partial charge on any atom is 0.165 e. The molecule has 0 aromatic heterocycles. The second kappa shape index (κ2) is 10.4. The molecule has 37 heavy (non-hydrogen) atoms. The van der Waals surface area contributed by atoms with Gasteiger partial charge >= 0.3 is 0 Å². The van der Waals surface area contributed by atoms with Crippen molar-refractivity contribution in [2.75, 3.05) is 6.61 Å². The molecular weight excluding hydrogens is 491 g/mol. The molecule has 0 radical (unpaired) electrons. The average molecular weight is 519 g/mol. The van der Waals surface area contributed by atoms with Gasteiger partial charge in [-0.05, 0) is 61.6 Å². The molecule has 1 saturated heterocycles. The van der Waals surface area contributed by atoms with Gasteiger partial charge in [-0.2, -0.15) is 0 Å². The third-order valence-electron chi connectivity index (χ3n) is 7.44. The van der Waals surface area contributed by atoms with Crippen LogP contribution in [0.5, 0.6) is 5.75 Å². The largest absolute Gasteiger partial charge is 0.489 e. The standard InChI is InChI=1S/C29H27F5O3/c1-15(35)20-10-11-22(28(33)27(20)32)17-4-2-16(3-5-17)21-9-7-19(12-24(21)30)36-13-18-6-8-23(25-14-37-25)29(34)26(18)31/h6-12,15-17,25,35H,2-5,13-14H2,1H3. The monoisotopic (exact) mass is 518 g/mol. The molecule has 1 saturated carbocycles. The molecule has 1 N–H and O–H groups in total. The van der Waals surface area contributed by atoms with Gasteiger partial charge in [0.2, 0.25) is 0 Å². The fourth-order valence-corrected chi connectivity index (χ4v) is 5.21. The van der Waals surface area contributed by atoms with Gasteiger partial charge in [0, 0.05) is 22.8 Å². The lowest BCUT2D eigenvalue weighted by Gasteiger charge is -2.30. The maximum atomic E-state index is 14.9. The molecule has 8 heteroatoms. The van der Waals surface area contributed by atoms with Gasteiger partial charge in [0.05, 0.1) is 12.7 Å². The Bertz CT molecular complexity index is 1300. The maximum absolute atomic E-state index is 14.9. The third kappa shape index (κ3) is 5.22. The molecule has 1 aliphatic carbocycles. The molecule has 0 amide bonds. The molecule has 2 unspecified atom stereocenters. The van der Waals surface area contributed by atoms with Crippen molar-refractivity contribution in [1.82, 2.24) is 0 Å². The number of aliphatic hydroxyl groups excluding tert-OH is 1. The van der Waals surface area contributed by atoms with E-state index >= 15 is 0 Å². The predicted molar refractivity (Wildman–Crippen MR) is 127 cm³/mol. The van der Waals surface area contributed by atoms with E-state index in [4.69, 9.17) is 9.47 Å². The number of benzene rings is 3. The van der Waals surface area contributed by atoms with Gasteiger partial charge in [0.1, 0.15) is 24.3 Å². The molecule has 5 rings (SSSR count). The highest BCUT2D eigenvalue weighted by atomic mass is 19.2. The summed E-state index contributed by atoms with van der Waals surface area (Å²) >= 11 is 0. The van der Waals surface area contributed by atoms with Crippen molar-refractivity contribution in [3.05, 3.63) is 99.4 Å². The topological polar surface area (TPSA) is 42.0 Å². The van der Waals surface area contributed by atoms with Crippen molar-refractivity contribution in [2.45, 2.75) is 63.3 Å². The lowest BCUT2D eigenvalue weighted by molar-refractivity contribution is 0.192. The second-order valence-electron chi connectivity index (χ2n) is 9.83. The Balaban J connectivity index is 1.21. The van der Waals surface area contributed by atoms with Crippen molar-refractivity contribution in [3.8, 4) is 5.75 Å². The number of halogens is 5. The van der Waals surface area contributed by atoms with Gasteiger partial charge in [-0.25, -0.2) is 22.0 Å². The zero-order valence-electron chi connectivity index (χ0n) is 20.2. The van der Waals surface area contributed by atoms with Crippen LogP contribution in [0.4, 0.5) is 22.0 Å². The molecule has 3 aromatic rings. The van der Waals surface area contributed by atoms with Gasteiger partial charge in [-0.1, -0.05) is 30.3 Å². The van der Waals surface area contributed by atoms with Gasteiger partial charge in [0.15, 0.2) is 23.3 Å². The Kier molecular flexibility index (Phi) is 7.23. The fraction of sp³-hybridized carbons (Fsp3) is 0.379. The van der Waals surface area contributed by atoms with Crippen LogP contribution in [0.15, 0.2) is 42.5 Å². The van der Waals surface area contributed by atoms with Crippen molar-refractivity contribution in [3.63, 3.8) is 0 Å². The zero-order valence-corrected chi connectivity index (χ0v) is 20.2. The lowest BCUT2D eigenvalue weighted by atomic mass is 9.75. The van der Waals surface area contributed by atoms with E-state index in [0.29, 0.717) is 37.9 Å². The van der Waals surface area contributed by atoms with Gasteiger partial charge < -0.3 is 14.6 Å². The molecule has 196 valence electrons. The summed E-state index contributed by atoms with van der Waals surface area (Å²) in [5.41, 5.74) is 0.918. The van der Waals surface area contributed by atoms with Crippen LogP contribution in [0, 0.1) is 29.1 Å². The number of epoxide rings is 1. The molecule has 2 atom stereocenters. The Morgan fingerprint density at radius 3 is 2.03 bits per heavy atom. The summed E-state index contributed by atoms with van der Waals surface area (Å²) in [5.74, 6) is -4.45. The van der Waals surface area contributed by atoms with E-state index in [1.807, 2.05) is 0 Å². The number of ether oxygens (including phenoxy) is 2. The summed E-state index contributed by atoms with van der Waals surface area (Å²) in [4.78, 5) is 0. The van der Waals surface area contributed by atoms with Crippen molar-refractivity contribution >= 4 is 0 Å². The van der Waals surface area contributed by atoms with Gasteiger partial charge in [0.25, 0.3) is 0 Å². The molecule has 1 heterocycles. The summed E-state index contributed by atoms with van der Waals surface area (Å²) < 4.78 is 83.0. The molecule has 2 fully saturated rings. The molecule has 0 bridgehead atoms. The summed E-state index contributed by atoms with van der Waals surface area (Å²) in [6, 6.07) is 10.3. The van der Waals surface area contributed by atoms with E-state index in [2.05, 4.69) is 0 Å².